The van der Waals surface area contributed by atoms with Gasteiger partial charge in [-0.25, -0.2) is 24.9 Å². The van der Waals surface area contributed by atoms with Gasteiger partial charge in [0.1, 0.15) is 17.7 Å². The van der Waals surface area contributed by atoms with Gasteiger partial charge in [0.25, 0.3) is 5.91 Å². The number of amides is 1. The molecule has 0 aliphatic carbocycles. The number of morpholine rings is 1. The van der Waals surface area contributed by atoms with E-state index in [1.165, 1.54) is 12.5 Å². The van der Waals surface area contributed by atoms with Crippen molar-refractivity contribution in [3.8, 4) is 22.6 Å². The second-order valence-electron chi connectivity index (χ2n) is 9.53. The summed E-state index contributed by atoms with van der Waals surface area (Å²) in [6.45, 7) is 3.27. The Hall–Kier alpha value is -5.20. The fourth-order valence-electron chi connectivity index (χ4n) is 4.85. The number of nitrogens with one attached hydrogen (secondary N) is 2. The maximum absolute atomic E-state index is 12.7. The molecule has 12 heteroatoms. The largest absolute Gasteiger partial charge is 0.378 e. The van der Waals surface area contributed by atoms with Gasteiger partial charge in [0.15, 0.2) is 4.96 Å². The lowest BCUT2D eigenvalue weighted by molar-refractivity contribution is 0.102. The first-order chi connectivity index (χ1) is 20.7. The van der Waals surface area contributed by atoms with E-state index in [0.29, 0.717) is 17.3 Å². The summed E-state index contributed by atoms with van der Waals surface area (Å²) in [5, 5.41) is 8.23. The quantitative estimate of drug-likeness (QED) is 0.266. The van der Waals surface area contributed by atoms with E-state index in [0.717, 1.165) is 59.6 Å². The molecule has 0 unspecified atom stereocenters. The number of hydrogen-bond donors (Lipinski definition) is 2. The lowest BCUT2D eigenvalue weighted by Gasteiger charge is -2.28. The molecule has 0 radical (unpaired) electrons. The van der Waals surface area contributed by atoms with Crippen molar-refractivity contribution in [1.82, 2.24) is 29.3 Å². The molecule has 42 heavy (non-hydrogen) atoms. The smallest absolute Gasteiger partial charge is 0.274 e. The minimum Gasteiger partial charge on any atom is -0.378 e. The van der Waals surface area contributed by atoms with Crippen LogP contribution in [0.2, 0.25) is 0 Å². The van der Waals surface area contributed by atoms with Crippen LogP contribution in [-0.4, -0.2) is 61.5 Å². The van der Waals surface area contributed by atoms with Crippen LogP contribution in [-0.2, 0) is 4.74 Å². The molecule has 5 heterocycles. The number of anilines is 4. The highest BCUT2D eigenvalue weighted by atomic mass is 32.1. The third-order valence-corrected chi connectivity index (χ3v) is 7.63. The summed E-state index contributed by atoms with van der Waals surface area (Å²) in [7, 11) is 0. The average molecular weight is 576 g/mol. The lowest BCUT2D eigenvalue weighted by atomic mass is 10.1. The number of nitrogens with zero attached hydrogens (tertiary/aromatic N) is 7. The molecule has 1 aliphatic rings. The van der Waals surface area contributed by atoms with Gasteiger partial charge in [-0.15, -0.1) is 11.3 Å². The van der Waals surface area contributed by atoms with E-state index < -0.39 is 0 Å². The molecule has 0 atom stereocenters. The van der Waals surface area contributed by atoms with Crippen molar-refractivity contribution >= 4 is 45.2 Å². The minimum absolute atomic E-state index is 0.287. The van der Waals surface area contributed by atoms with Crippen molar-refractivity contribution in [1.29, 1.82) is 0 Å². The Labute approximate surface area is 244 Å². The number of aromatic nitrogens is 6. The van der Waals surface area contributed by atoms with Crippen LogP contribution >= 0.6 is 11.3 Å². The van der Waals surface area contributed by atoms with Gasteiger partial charge in [0.05, 0.1) is 24.6 Å². The van der Waals surface area contributed by atoms with Gasteiger partial charge < -0.3 is 20.3 Å². The van der Waals surface area contributed by atoms with Gasteiger partial charge in [0.2, 0.25) is 5.95 Å². The standard InChI is InChI=1S/C30H25N9O2S/c40-28(25-8-10-31-19-33-25)34-22-3-1-2-20(18-22)26-27(39-14-17-42-30(39)37-26)24-9-11-32-29(36-24)35-21-4-6-23(7-5-21)38-12-15-41-16-13-38/h1-11,14,17-19H,12-13,15-16H2,(H,34,40)(H,32,35,36). The molecule has 7 rings (SSSR count). The van der Waals surface area contributed by atoms with Gasteiger partial charge in [-0.05, 0) is 48.5 Å². The van der Waals surface area contributed by atoms with Crippen LogP contribution < -0.4 is 15.5 Å². The number of thiazole rings is 1. The topological polar surface area (TPSA) is 122 Å². The summed E-state index contributed by atoms with van der Waals surface area (Å²) < 4.78 is 7.49. The second kappa shape index (κ2) is 11.4. The summed E-state index contributed by atoms with van der Waals surface area (Å²) in [4.78, 5) is 38.0. The van der Waals surface area contributed by atoms with E-state index in [1.54, 1.807) is 23.6 Å². The molecule has 208 valence electrons. The first-order valence-corrected chi connectivity index (χ1v) is 14.3. The molecular formula is C30H25N9O2S. The Morgan fingerprint density at radius 3 is 2.64 bits per heavy atom. The van der Waals surface area contributed by atoms with E-state index in [9.17, 15) is 4.79 Å². The predicted molar refractivity (Wildman–Crippen MR) is 162 cm³/mol. The monoisotopic (exact) mass is 575 g/mol. The molecular weight excluding hydrogens is 550 g/mol. The van der Waals surface area contributed by atoms with Gasteiger partial charge in [-0.1, -0.05) is 12.1 Å². The van der Waals surface area contributed by atoms with Crippen LogP contribution in [0, 0.1) is 0 Å². The van der Waals surface area contributed by atoms with E-state index in [-0.39, 0.29) is 11.6 Å². The maximum Gasteiger partial charge on any atom is 0.274 e. The first kappa shape index (κ1) is 25.7. The van der Waals surface area contributed by atoms with E-state index in [1.807, 2.05) is 58.4 Å². The van der Waals surface area contributed by atoms with Crippen LogP contribution in [0.4, 0.5) is 23.0 Å². The van der Waals surface area contributed by atoms with Gasteiger partial charge in [0, 0.05) is 59.7 Å². The van der Waals surface area contributed by atoms with Crippen molar-refractivity contribution in [2.75, 3.05) is 41.8 Å². The zero-order chi connectivity index (χ0) is 28.3. The molecule has 2 aromatic carbocycles. The Balaban J connectivity index is 1.17. The molecule has 4 aromatic heterocycles. The van der Waals surface area contributed by atoms with Crippen molar-refractivity contribution < 1.29 is 9.53 Å². The molecule has 0 bridgehead atoms. The molecule has 1 aliphatic heterocycles. The zero-order valence-electron chi connectivity index (χ0n) is 22.3. The number of carbonyl (C=O) groups is 1. The van der Waals surface area contributed by atoms with Crippen molar-refractivity contribution in [3.05, 3.63) is 96.7 Å². The lowest BCUT2D eigenvalue weighted by Crippen LogP contribution is -2.36. The third kappa shape index (κ3) is 5.28. The van der Waals surface area contributed by atoms with Crippen LogP contribution in [0.5, 0.6) is 0 Å². The summed E-state index contributed by atoms with van der Waals surface area (Å²) in [5.74, 6) is 0.165. The Kier molecular flexibility index (Phi) is 6.96. The molecule has 0 spiro atoms. The molecule has 1 fully saturated rings. The number of benzene rings is 2. The van der Waals surface area contributed by atoms with Crippen molar-refractivity contribution in [2.24, 2.45) is 0 Å². The summed E-state index contributed by atoms with van der Waals surface area (Å²) in [6, 6.07) is 19.3. The number of hydrogen-bond acceptors (Lipinski definition) is 10. The number of fused-ring (bicyclic) bond motifs is 1. The van der Waals surface area contributed by atoms with Crippen molar-refractivity contribution in [2.45, 2.75) is 0 Å². The third-order valence-electron chi connectivity index (χ3n) is 6.87. The van der Waals surface area contributed by atoms with Crippen LogP contribution in [0.25, 0.3) is 27.6 Å². The normalized spacial score (nSPS) is 13.3. The molecule has 1 amide bonds. The first-order valence-electron chi connectivity index (χ1n) is 13.4. The second-order valence-corrected chi connectivity index (χ2v) is 10.4. The van der Waals surface area contributed by atoms with Crippen LogP contribution in [0.15, 0.2) is 91.0 Å². The molecule has 11 nitrogen and oxygen atoms in total. The van der Waals surface area contributed by atoms with Gasteiger partial charge in [-0.3, -0.25) is 9.20 Å². The van der Waals surface area contributed by atoms with E-state index >= 15 is 0 Å². The minimum atomic E-state index is -0.315. The van der Waals surface area contributed by atoms with Crippen molar-refractivity contribution in [3.63, 3.8) is 0 Å². The summed E-state index contributed by atoms with van der Waals surface area (Å²) in [6.07, 6.45) is 6.60. The van der Waals surface area contributed by atoms with Gasteiger partial charge in [-0.2, -0.15) is 0 Å². The highest BCUT2D eigenvalue weighted by Gasteiger charge is 2.19. The number of carbonyl (C=O) groups excluding carboxylic acids is 1. The Bertz CT molecular complexity index is 1850. The van der Waals surface area contributed by atoms with E-state index in [2.05, 4.69) is 42.6 Å². The number of ether oxygens (including phenoxy) is 1. The molecule has 2 N–H and O–H groups in total. The highest BCUT2D eigenvalue weighted by Crippen LogP contribution is 2.35. The molecule has 1 saturated heterocycles. The molecule has 6 aromatic rings. The maximum atomic E-state index is 12.7. The number of rotatable bonds is 7. The van der Waals surface area contributed by atoms with Crippen LogP contribution in [0.1, 0.15) is 10.5 Å². The fourth-order valence-corrected chi connectivity index (χ4v) is 5.57. The Morgan fingerprint density at radius 2 is 1.81 bits per heavy atom. The summed E-state index contributed by atoms with van der Waals surface area (Å²) in [5.41, 5.74) is 6.11. The van der Waals surface area contributed by atoms with E-state index in [4.69, 9.17) is 14.7 Å². The summed E-state index contributed by atoms with van der Waals surface area (Å²) >= 11 is 1.54. The van der Waals surface area contributed by atoms with Gasteiger partial charge >= 0.3 is 0 Å². The predicted octanol–water partition coefficient (Wildman–Crippen LogP) is 5.14. The highest BCUT2D eigenvalue weighted by molar-refractivity contribution is 7.15. The fraction of sp³-hybridized carbons (Fsp3) is 0.133. The number of imidazole rings is 1. The SMILES string of the molecule is O=C(Nc1cccc(-c2nc3sccn3c2-c2ccnc(Nc3ccc(N4CCOCC4)cc3)n2)c1)c1ccncn1. The average Bonchev–Trinajstić information content (AvgIpc) is 3.65. The zero-order valence-corrected chi connectivity index (χ0v) is 23.2. The Morgan fingerprint density at radius 1 is 0.929 bits per heavy atom. The van der Waals surface area contributed by atoms with Crippen LogP contribution in [0.3, 0.4) is 0 Å². The molecule has 0 saturated carbocycles.